The van der Waals surface area contributed by atoms with Crippen molar-refractivity contribution in [3.05, 3.63) is 85.1 Å². The molecular formula is C19H14BrClN4O5S. The molecule has 0 aliphatic carbocycles. The quantitative estimate of drug-likeness (QED) is 0.288. The zero-order valence-corrected chi connectivity index (χ0v) is 19.0. The Labute approximate surface area is 190 Å². The van der Waals surface area contributed by atoms with Gasteiger partial charge < -0.3 is 5.32 Å². The van der Waals surface area contributed by atoms with Crippen LogP contribution in [0, 0.1) is 17.0 Å². The van der Waals surface area contributed by atoms with E-state index in [0.29, 0.717) is 5.56 Å². The molecule has 0 atom stereocenters. The zero-order valence-electron chi connectivity index (χ0n) is 15.9. The molecule has 3 rings (SSSR count). The van der Waals surface area contributed by atoms with Gasteiger partial charge in [0.1, 0.15) is 0 Å². The number of non-ortho nitro benzene ring substituents is 1. The number of hydrogen-bond donors (Lipinski definition) is 1. The van der Waals surface area contributed by atoms with Crippen LogP contribution in [0.25, 0.3) is 0 Å². The lowest BCUT2D eigenvalue weighted by molar-refractivity contribution is -0.384. The summed E-state index contributed by atoms with van der Waals surface area (Å²) in [7, 11) is -3.95. The number of halogens is 2. The summed E-state index contributed by atoms with van der Waals surface area (Å²) >= 11 is 9.16. The van der Waals surface area contributed by atoms with Gasteiger partial charge in [-0.3, -0.25) is 14.9 Å². The SMILES string of the molecule is Cc1ccccc1CS(=O)(=O)c1ncc(Cl)c(C(=O)Nc2ccc([N+](=O)[O-])cc2Br)n1. The minimum atomic E-state index is -3.95. The highest BCUT2D eigenvalue weighted by Crippen LogP contribution is 2.28. The van der Waals surface area contributed by atoms with Crippen LogP contribution in [-0.4, -0.2) is 29.2 Å². The molecule has 0 aliphatic rings. The minimum absolute atomic E-state index is 0.148. The van der Waals surface area contributed by atoms with Gasteiger partial charge in [0.2, 0.25) is 15.0 Å². The molecule has 0 fully saturated rings. The van der Waals surface area contributed by atoms with Crippen molar-refractivity contribution in [1.29, 1.82) is 0 Å². The zero-order chi connectivity index (χ0) is 22.8. The second-order valence-electron chi connectivity index (χ2n) is 6.41. The number of aryl methyl sites for hydroxylation is 1. The topological polar surface area (TPSA) is 132 Å². The van der Waals surface area contributed by atoms with Crippen LogP contribution >= 0.6 is 27.5 Å². The smallest absolute Gasteiger partial charge is 0.276 e. The lowest BCUT2D eigenvalue weighted by Crippen LogP contribution is -2.18. The lowest BCUT2D eigenvalue weighted by Gasteiger charge is -2.10. The first-order chi connectivity index (χ1) is 14.6. The van der Waals surface area contributed by atoms with E-state index in [0.717, 1.165) is 11.8 Å². The molecule has 1 aromatic heterocycles. The van der Waals surface area contributed by atoms with Crippen molar-refractivity contribution in [2.75, 3.05) is 5.32 Å². The van der Waals surface area contributed by atoms with Gasteiger partial charge in [-0.15, -0.1) is 0 Å². The Morgan fingerprint density at radius 3 is 2.61 bits per heavy atom. The molecular weight excluding hydrogens is 512 g/mol. The van der Waals surface area contributed by atoms with Crippen LogP contribution in [0.3, 0.4) is 0 Å². The van der Waals surface area contributed by atoms with Crippen LogP contribution < -0.4 is 5.32 Å². The van der Waals surface area contributed by atoms with Crippen molar-refractivity contribution >= 4 is 54.7 Å². The highest BCUT2D eigenvalue weighted by atomic mass is 79.9. The highest BCUT2D eigenvalue weighted by Gasteiger charge is 2.24. The van der Waals surface area contributed by atoms with Gasteiger partial charge in [0.15, 0.2) is 5.69 Å². The minimum Gasteiger partial charge on any atom is -0.320 e. The predicted molar refractivity (Wildman–Crippen MR) is 118 cm³/mol. The molecule has 0 aliphatic heterocycles. The Balaban J connectivity index is 1.89. The molecule has 0 saturated carbocycles. The monoisotopic (exact) mass is 524 g/mol. The van der Waals surface area contributed by atoms with E-state index >= 15 is 0 Å². The largest absolute Gasteiger partial charge is 0.320 e. The van der Waals surface area contributed by atoms with Crippen molar-refractivity contribution in [3.8, 4) is 0 Å². The van der Waals surface area contributed by atoms with Gasteiger partial charge in [0.25, 0.3) is 11.6 Å². The van der Waals surface area contributed by atoms with Crippen LogP contribution in [0.1, 0.15) is 21.6 Å². The number of nitrogens with zero attached hydrogens (tertiary/aromatic N) is 3. The van der Waals surface area contributed by atoms with Crippen molar-refractivity contribution in [2.45, 2.75) is 17.8 Å². The van der Waals surface area contributed by atoms with Gasteiger partial charge in [-0.1, -0.05) is 35.9 Å². The fraction of sp³-hybridized carbons (Fsp3) is 0.105. The lowest BCUT2D eigenvalue weighted by atomic mass is 10.1. The first kappa shape index (κ1) is 22.8. The summed E-state index contributed by atoms with van der Waals surface area (Å²) in [4.78, 5) is 30.6. The van der Waals surface area contributed by atoms with Crippen LogP contribution in [0.4, 0.5) is 11.4 Å². The van der Waals surface area contributed by atoms with Crippen molar-refractivity contribution in [2.24, 2.45) is 0 Å². The molecule has 160 valence electrons. The number of hydrogen-bond acceptors (Lipinski definition) is 7. The number of rotatable bonds is 6. The molecule has 0 radical (unpaired) electrons. The standard InChI is InChI=1S/C19H14BrClN4O5S/c1-11-4-2-3-5-12(11)10-31(29,30)19-22-9-15(21)17(24-19)18(26)23-16-7-6-13(25(27)28)8-14(16)20/h2-9H,10H2,1H3,(H,23,26). The number of carbonyl (C=O) groups is 1. The average molecular weight is 526 g/mol. The highest BCUT2D eigenvalue weighted by molar-refractivity contribution is 9.10. The van der Waals surface area contributed by atoms with Gasteiger partial charge in [-0.05, 0) is 40.0 Å². The third-order valence-corrected chi connectivity index (χ3v) is 6.61. The van der Waals surface area contributed by atoms with Gasteiger partial charge in [0.05, 0.1) is 27.6 Å². The van der Waals surface area contributed by atoms with E-state index in [1.807, 2.05) is 0 Å². The van der Waals surface area contributed by atoms with E-state index in [1.165, 1.54) is 18.2 Å². The maximum atomic E-state index is 12.8. The summed E-state index contributed by atoms with van der Waals surface area (Å²) in [5.41, 5.74) is 1.08. The molecule has 3 aromatic rings. The fourth-order valence-corrected chi connectivity index (χ4v) is 4.55. The van der Waals surface area contributed by atoms with Crippen LogP contribution in [-0.2, 0) is 15.6 Å². The van der Waals surface area contributed by atoms with E-state index in [9.17, 15) is 23.3 Å². The maximum Gasteiger partial charge on any atom is 0.276 e. The fourth-order valence-electron chi connectivity index (χ4n) is 2.60. The second-order valence-corrected chi connectivity index (χ2v) is 9.55. The number of carbonyl (C=O) groups excluding carboxylic acids is 1. The van der Waals surface area contributed by atoms with E-state index < -0.39 is 25.8 Å². The molecule has 1 amide bonds. The number of aromatic nitrogens is 2. The Hall–Kier alpha value is -2.89. The predicted octanol–water partition coefficient (Wildman–Crippen LogP) is 4.34. The average Bonchev–Trinajstić information content (AvgIpc) is 2.71. The molecule has 1 N–H and O–H groups in total. The molecule has 0 unspecified atom stereocenters. The van der Waals surface area contributed by atoms with Gasteiger partial charge in [0, 0.05) is 16.6 Å². The van der Waals surface area contributed by atoms with E-state index in [2.05, 4.69) is 31.2 Å². The van der Waals surface area contributed by atoms with Crippen LogP contribution in [0.5, 0.6) is 0 Å². The molecule has 31 heavy (non-hydrogen) atoms. The number of benzene rings is 2. The second kappa shape index (κ2) is 9.08. The number of nitrogens with one attached hydrogen (secondary N) is 1. The summed E-state index contributed by atoms with van der Waals surface area (Å²) in [5.74, 6) is -1.13. The third-order valence-electron chi connectivity index (χ3n) is 4.23. The number of nitro benzene ring substituents is 1. The number of nitro groups is 1. The van der Waals surface area contributed by atoms with Crippen molar-refractivity contribution in [3.63, 3.8) is 0 Å². The summed E-state index contributed by atoms with van der Waals surface area (Å²) in [5, 5.41) is 12.7. The van der Waals surface area contributed by atoms with Gasteiger partial charge >= 0.3 is 0 Å². The Bertz CT molecular complexity index is 1300. The molecule has 2 aromatic carbocycles. The molecule has 0 saturated heterocycles. The summed E-state index contributed by atoms with van der Waals surface area (Å²) in [6.07, 6.45) is 1.04. The summed E-state index contributed by atoms with van der Waals surface area (Å²) < 4.78 is 25.8. The van der Waals surface area contributed by atoms with E-state index in [-0.39, 0.29) is 32.3 Å². The first-order valence-corrected chi connectivity index (χ1v) is 11.5. The van der Waals surface area contributed by atoms with Crippen molar-refractivity contribution in [1.82, 2.24) is 9.97 Å². The van der Waals surface area contributed by atoms with Crippen LogP contribution in [0.2, 0.25) is 5.02 Å². The maximum absolute atomic E-state index is 12.8. The molecule has 1 heterocycles. The van der Waals surface area contributed by atoms with Gasteiger partial charge in [-0.2, -0.15) is 0 Å². The molecule has 0 spiro atoms. The third kappa shape index (κ3) is 5.24. The summed E-state index contributed by atoms with van der Waals surface area (Å²) in [6.45, 7) is 1.79. The molecule has 0 bridgehead atoms. The van der Waals surface area contributed by atoms with E-state index in [1.54, 1.807) is 31.2 Å². The van der Waals surface area contributed by atoms with Gasteiger partial charge in [-0.25, -0.2) is 18.4 Å². The number of anilines is 1. The number of sulfone groups is 1. The van der Waals surface area contributed by atoms with Crippen molar-refractivity contribution < 1.29 is 18.1 Å². The molecule has 9 nitrogen and oxygen atoms in total. The molecule has 12 heteroatoms. The van der Waals surface area contributed by atoms with E-state index in [4.69, 9.17) is 11.6 Å². The Kier molecular flexibility index (Phi) is 6.68. The van der Waals surface area contributed by atoms with Crippen LogP contribution in [0.15, 0.2) is 58.3 Å². The first-order valence-electron chi connectivity index (χ1n) is 8.63. The Morgan fingerprint density at radius 1 is 1.26 bits per heavy atom. The summed E-state index contributed by atoms with van der Waals surface area (Å²) in [6, 6.07) is 10.7. The normalized spacial score (nSPS) is 11.2. The Morgan fingerprint density at radius 2 is 1.97 bits per heavy atom. The number of amides is 1.